The summed E-state index contributed by atoms with van der Waals surface area (Å²) in [5.41, 5.74) is 0. The molecule has 0 aliphatic carbocycles. The van der Waals surface area contributed by atoms with Crippen LogP contribution in [0.4, 0.5) is 4.39 Å². The number of rotatable bonds is 2. The standard InChI is InChI=1S/C7H4FN3S2/c8-5-3-6(11-4-10-5)13-7-9-1-2-12-7/h1-4H. The molecule has 3 nitrogen and oxygen atoms in total. The van der Waals surface area contributed by atoms with Crippen LogP contribution in [0.3, 0.4) is 0 Å². The van der Waals surface area contributed by atoms with Crippen molar-refractivity contribution in [3.05, 3.63) is 29.9 Å². The fourth-order valence-electron chi connectivity index (χ4n) is 0.723. The van der Waals surface area contributed by atoms with Crippen molar-refractivity contribution in [3.8, 4) is 0 Å². The molecule has 0 unspecified atom stereocenters. The highest BCUT2D eigenvalue weighted by molar-refractivity contribution is 8.00. The van der Waals surface area contributed by atoms with Crippen LogP contribution in [0.25, 0.3) is 0 Å². The largest absolute Gasteiger partial charge is 0.238 e. The van der Waals surface area contributed by atoms with Gasteiger partial charge in [0, 0.05) is 17.6 Å². The van der Waals surface area contributed by atoms with Gasteiger partial charge in [-0.2, -0.15) is 4.39 Å². The first kappa shape index (κ1) is 8.58. The van der Waals surface area contributed by atoms with Crippen LogP contribution in [-0.2, 0) is 0 Å². The Balaban J connectivity index is 2.19. The lowest BCUT2D eigenvalue weighted by molar-refractivity contribution is 0.572. The summed E-state index contributed by atoms with van der Waals surface area (Å²) in [6.45, 7) is 0. The molecular weight excluding hydrogens is 209 g/mol. The molecule has 2 aromatic heterocycles. The van der Waals surface area contributed by atoms with Gasteiger partial charge in [0.1, 0.15) is 11.4 Å². The summed E-state index contributed by atoms with van der Waals surface area (Å²) in [6.07, 6.45) is 2.90. The molecule has 0 spiro atoms. The number of nitrogens with zero attached hydrogens (tertiary/aromatic N) is 3. The molecule has 0 N–H and O–H groups in total. The third kappa shape index (κ3) is 2.22. The van der Waals surface area contributed by atoms with Crippen molar-refractivity contribution in [1.29, 1.82) is 0 Å². The maximum atomic E-state index is 12.6. The van der Waals surface area contributed by atoms with Crippen LogP contribution < -0.4 is 0 Å². The summed E-state index contributed by atoms with van der Waals surface area (Å²) in [6, 6.07) is 1.28. The predicted octanol–water partition coefficient (Wildman–Crippen LogP) is 2.22. The first-order valence-electron chi connectivity index (χ1n) is 3.39. The first-order chi connectivity index (χ1) is 6.34. The quantitative estimate of drug-likeness (QED) is 0.717. The average Bonchev–Trinajstić information content (AvgIpc) is 2.57. The van der Waals surface area contributed by atoms with Gasteiger partial charge in [-0.15, -0.1) is 11.3 Å². The number of hydrogen-bond donors (Lipinski definition) is 0. The number of hydrogen-bond acceptors (Lipinski definition) is 5. The van der Waals surface area contributed by atoms with Crippen LogP contribution in [0, 0.1) is 5.95 Å². The van der Waals surface area contributed by atoms with E-state index in [1.807, 2.05) is 5.38 Å². The molecule has 0 saturated carbocycles. The second kappa shape index (κ2) is 3.80. The number of halogens is 1. The normalized spacial score (nSPS) is 10.2. The zero-order chi connectivity index (χ0) is 9.10. The van der Waals surface area contributed by atoms with Crippen LogP contribution in [0.5, 0.6) is 0 Å². The maximum Gasteiger partial charge on any atom is 0.217 e. The highest BCUT2D eigenvalue weighted by atomic mass is 32.2. The molecule has 0 radical (unpaired) electrons. The van der Waals surface area contributed by atoms with E-state index < -0.39 is 5.95 Å². The van der Waals surface area contributed by atoms with E-state index in [1.54, 1.807) is 6.20 Å². The van der Waals surface area contributed by atoms with Gasteiger partial charge in [0.05, 0.1) is 0 Å². The molecule has 2 rings (SSSR count). The molecule has 0 fully saturated rings. The Labute approximate surface area is 82.1 Å². The van der Waals surface area contributed by atoms with E-state index in [0.717, 1.165) is 4.34 Å². The molecule has 13 heavy (non-hydrogen) atoms. The lowest BCUT2D eigenvalue weighted by Crippen LogP contribution is -1.85. The summed E-state index contributed by atoms with van der Waals surface area (Å²) in [5, 5.41) is 2.43. The van der Waals surface area contributed by atoms with Gasteiger partial charge in [-0.05, 0) is 11.8 Å². The van der Waals surface area contributed by atoms with Crippen molar-refractivity contribution in [2.45, 2.75) is 9.37 Å². The molecule has 0 aliphatic heterocycles. The van der Waals surface area contributed by atoms with E-state index in [-0.39, 0.29) is 0 Å². The van der Waals surface area contributed by atoms with Gasteiger partial charge < -0.3 is 0 Å². The highest BCUT2D eigenvalue weighted by Crippen LogP contribution is 2.26. The van der Waals surface area contributed by atoms with Crippen LogP contribution in [0.1, 0.15) is 0 Å². The minimum atomic E-state index is -0.519. The molecule has 2 heterocycles. The van der Waals surface area contributed by atoms with E-state index in [9.17, 15) is 4.39 Å². The molecule has 66 valence electrons. The van der Waals surface area contributed by atoms with Crippen LogP contribution in [0.15, 0.2) is 33.3 Å². The molecule has 6 heteroatoms. The SMILES string of the molecule is Fc1cc(Sc2nccs2)ncn1. The van der Waals surface area contributed by atoms with Gasteiger partial charge >= 0.3 is 0 Å². The van der Waals surface area contributed by atoms with Gasteiger partial charge in [-0.25, -0.2) is 15.0 Å². The first-order valence-corrected chi connectivity index (χ1v) is 5.09. The van der Waals surface area contributed by atoms with Gasteiger partial charge in [-0.3, -0.25) is 0 Å². The maximum absolute atomic E-state index is 12.6. The fraction of sp³-hybridized carbons (Fsp3) is 0. The smallest absolute Gasteiger partial charge is 0.217 e. The summed E-state index contributed by atoms with van der Waals surface area (Å²) < 4.78 is 13.5. The Kier molecular flexibility index (Phi) is 2.51. The minimum absolute atomic E-state index is 0.519. The van der Waals surface area contributed by atoms with E-state index in [0.29, 0.717) is 5.03 Å². The minimum Gasteiger partial charge on any atom is -0.238 e. The molecule has 0 aliphatic rings. The van der Waals surface area contributed by atoms with Crippen LogP contribution >= 0.6 is 23.1 Å². The molecule has 2 aromatic rings. The highest BCUT2D eigenvalue weighted by Gasteiger charge is 2.02. The molecule has 0 amide bonds. The van der Waals surface area contributed by atoms with Crippen LogP contribution in [0.2, 0.25) is 0 Å². The van der Waals surface area contributed by atoms with E-state index in [1.165, 1.54) is 35.5 Å². The van der Waals surface area contributed by atoms with Gasteiger partial charge in [-0.1, -0.05) is 0 Å². The Bertz CT molecular complexity index is 390. The second-order valence-corrected chi connectivity index (χ2v) is 4.24. The van der Waals surface area contributed by atoms with Gasteiger partial charge in [0.2, 0.25) is 5.95 Å². The predicted molar refractivity (Wildman–Crippen MR) is 48.2 cm³/mol. The summed E-state index contributed by atoms with van der Waals surface area (Å²) >= 11 is 2.82. The Morgan fingerprint density at radius 2 is 2.23 bits per heavy atom. The van der Waals surface area contributed by atoms with Crippen molar-refractivity contribution >= 4 is 23.1 Å². The number of aromatic nitrogens is 3. The van der Waals surface area contributed by atoms with Crippen molar-refractivity contribution < 1.29 is 4.39 Å². The van der Waals surface area contributed by atoms with Crippen molar-refractivity contribution in [3.63, 3.8) is 0 Å². The van der Waals surface area contributed by atoms with Crippen molar-refractivity contribution in [2.75, 3.05) is 0 Å². The molecular formula is C7H4FN3S2. The molecule has 0 aromatic carbocycles. The lowest BCUT2D eigenvalue weighted by atomic mass is 10.7. The summed E-state index contributed by atoms with van der Waals surface area (Å²) in [5.74, 6) is -0.519. The van der Waals surface area contributed by atoms with Crippen molar-refractivity contribution in [2.24, 2.45) is 0 Å². The van der Waals surface area contributed by atoms with Gasteiger partial charge in [0.15, 0.2) is 4.34 Å². The summed E-state index contributed by atoms with van der Waals surface area (Å²) in [4.78, 5) is 11.3. The zero-order valence-electron chi connectivity index (χ0n) is 6.35. The molecule has 0 bridgehead atoms. The molecule has 0 atom stereocenters. The lowest BCUT2D eigenvalue weighted by Gasteiger charge is -1.94. The van der Waals surface area contributed by atoms with E-state index in [2.05, 4.69) is 15.0 Å². The van der Waals surface area contributed by atoms with Crippen LogP contribution in [-0.4, -0.2) is 15.0 Å². The Morgan fingerprint density at radius 1 is 1.31 bits per heavy atom. The fourth-order valence-corrected chi connectivity index (χ4v) is 2.25. The third-order valence-corrected chi connectivity index (χ3v) is 3.03. The molecule has 0 saturated heterocycles. The topological polar surface area (TPSA) is 38.7 Å². The zero-order valence-corrected chi connectivity index (χ0v) is 7.98. The monoisotopic (exact) mass is 213 g/mol. The summed E-state index contributed by atoms with van der Waals surface area (Å²) in [7, 11) is 0. The van der Waals surface area contributed by atoms with Gasteiger partial charge in [0.25, 0.3) is 0 Å². The van der Waals surface area contributed by atoms with Crippen molar-refractivity contribution in [1.82, 2.24) is 15.0 Å². The Morgan fingerprint density at radius 3 is 2.92 bits per heavy atom. The van der Waals surface area contributed by atoms with E-state index >= 15 is 0 Å². The number of thiazole rings is 1. The third-order valence-electron chi connectivity index (χ3n) is 1.21. The Hall–Kier alpha value is -1.01. The average molecular weight is 213 g/mol. The second-order valence-electron chi connectivity index (χ2n) is 2.08. The van der Waals surface area contributed by atoms with E-state index in [4.69, 9.17) is 0 Å².